The first-order chi connectivity index (χ1) is 14.0. The van der Waals surface area contributed by atoms with Gasteiger partial charge in [0, 0.05) is 30.4 Å². The molecule has 0 bridgehead atoms. The van der Waals surface area contributed by atoms with Gasteiger partial charge in [0.25, 0.3) is 11.8 Å². The Labute approximate surface area is 171 Å². The molecule has 0 fully saturated rings. The number of hydrazine groups is 1. The summed E-state index contributed by atoms with van der Waals surface area (Å²) in [6.45, 7) is 5.94. The van der Waals surface area contributed by atoms with Crippen LogP contribution in [0.1, 0.15) is 29.8 Å². The van der Waals surface area contributed by atoms with E-state index < -0.39 is 5.91 Å². The number of benzene rings is 2. The van der Waals surface area contributed by atoms with Crippen molar-refractivity contribution in [1.82, 2.24) is 10.9 Å². The third-order valence-corrected chi connectivity index (χ3v) is 4.39. The lowest BCUT2D eigenvalue weighted by atomic mass is 10.2. The van der Waals surface area contributed by atoms with Crippen LogP contribution in [0.3, 0.4) is 0 Å². The van der Waals surface area contributed by atoms with Crippen molar-refractivity contribution in [3.63, 3.8) is 0 Å². The normalized spacial score (nSPS) is 10.5. The van der Waals surface area contributed by atoms with E-state index in [2.05, 4.69) is 29.6 Å². The van der Waals surface area contributed by atoms with Crippen molar-refractivity contribution >= 4 is 23.6 Å². The Morgan fingerprint density at radius 1 is 0.931 bits per heavy atom. The summed E-state index contributed by atoms with van der Waals surface area (Å²) in [6.07, 6.45) is 2.94. The first-order valence-corrected chi connectivity index (χ1v) is 9.37. The van der Waals surface area contributed by atoms with E-state index in [4.69, 9.17) is 9.47 Å². The molecule has 0 aliphatic heterocycles. The van der Waals surface area contributed by atoms with Crippen LogP contribution in [0.2, 0.25) is 0 Å². The fourth-order valence-electron chi connectivity index (χ4n) is 2.77. The fraction of sp³-hybridized carbons (Fsp3) is 0.273. The van der Waals surface area contributed by atoms with E-state index in [1.54, 1.807) is 50.6 Å². The van der Waals surface area contributed by atoms with Crippen LogP contribution in [0.4, 0.5) is 5.69 Å². The summed E-state index contributed by atoms with van der Waals surface area (Å²) in [5, 5.41) is 0. The van der Waals surface area contributed by atoms with Gasteiger partial charge in [0.05, 0.1) is 14.2 Å². The number of carbonyl (C=O) groups is 2. The highest BCUT2D eigenvalue weighted by Crippen LogP contribution is 2.27. The molecule has 7 heteroatoms. The number of carbonyl (C=O) groups excluding carboxylic acids is 2. The number of methoxy groups -OCH3 is 2. The number of nitrogens with zero attached hydrogens (tertiary/aromatic N) is 1. The van der Waals surface area contributed by atoms with Crippen molar-refractivity contribution in [2.75, 3.05) is 32.2 Å². The number of hydrogen-bond donors (Lipinski definition) is 2. The molecular formula is C22H27N3O4. The molecular weight excluding hydrogens is 370 g/mol. The summed E-state index contributed by atoms with van der Waals surface area (Å²) in [5.74, 6) is 0.335. The zero-order chi connectivity index (χ0) is 21.2. The second kappa shape index (κ2) is 10.8. The largest absolute Gasteiger partial charge is 0.493 e. The van der Waals surface area contributed by atoms with Crippen LogP contribution >= 0.6 is 0 Å². The topological polar surface area (TPSA) is 79.9 Å². The van der Waals surface area contributed by atoms with Crippen LogP contribution in [0, 0.1) is 0 Å². The lowest BCUT2D eigenvalue weighted by Gasteiger charge is -2.21. The number of anilines is 1. The van der Waals surface area contributed by atoms with Gasteiger partial charge in [-0.2, -0.15) is 0 Å². The predicted molar refractivity (Wildman–Crippen MR) is 114 cm³/mol. The standard InChI is InChI=1S/C22H27N3O4/c1-5-25(6-2)18-11-9-17(10-12-18)22(27)24-23-21(26)14-8-16-7-13-19(28-3)20(15-16)29-4/h7-15H,5-6H2,1-4H3,(H,23,26)(H,24,27)/b14-8+. The van der Waals surface area contributed by atoms with Gasteiger partial charge in [-0.1, -0.05) is 6.07 Å². The van der Waals surface area contributed by atoms with Gasteiger partial charge in [-0.3, -0.25) is 20.4 Å². The molecule has 0 atom stereocenters. The van der Waals surface area contributed by atoms with E-state index in [9.17, 15) is 9.59 Å². The highest BCUT2D eigenvalue weighted by molar-refractivity contribution is 5.98. The Morgan fingerprint density at radius 2 is 1.59 bits per heavy atom. The third kappa shape index (κ3) is 6.00. The Kier molecular flexibility index (Phi) is 8.09. The van der Waals surface area contributed by atoms with E-state index in [1.807, 2.05) is 12.1 Å². The molecule has 154 valence electrons. The summed E-state index contributed by atoms with van der Waals surface area (Å²) in [5.41, 5.74) is 7.05. The highest BCUT2D eigenvalue weighted by atomic mass is 16.5. The molecule has 2 aromatic carbocycles. The van der Waals surface area contributed by atoms with Crippen molar-refractivity contribution in [2.24, 2.45) is 0 Å². The van der Waals surface area contributed by atoms with E-state index in [0.29, 0.717) is 17.1 Å². The van der Waals surface area contributed by atoms with Gasteiger partial charge in [0.2, 0.25) is 0 Å². The van der Waals surface area contributed by atoms with Crippen molar-refractivity contribution in [3.05, 3.63) is 59.7 Å². The molecule has 0 unspecified atom stereocenters. The summed E-state index contributed by atoms with van der Waals surface area (Å²) in [4.78, 5) is 26.4. The van der Waals surface area contributed by atoms with Gasteiger partial charge in [-0.25, -0.2) is 0 Å². The van der Waals surface area contributed by atoms with Crippen LogP contribution < -0.4 is 25.2 Å². The van der Waals surface area contributed by atoms with Crippen molar-refractivity contribution in [3.8, 4) is 11.5 Å². The minimum atomic E-state index is -0.451. The lowest BCUT2D eigenvalue weighted by Crippen LogP contribution is -2.40. The van der Waals surface area contributed by atoms with Crippen molar-refractivity contribution in [2.45, 2.75) is 13.8 Å². The molecule has 2 N–H and O–H groups in total. The van der Waals surface area contributed by atoms with Crippen LogP contribution in [0.25, 0.3) is 6.08 Å². The maximum absolute atomic E-state index is 12.2. The maximum Gasteiger partial charge on any atom is 0.269 e. The summed E-state index contributed by atoms with van der Waals surface area (Å²) < 4.78 is 10.4. The Hall–Kier alpha value is -3.48. The average Bonchev–Trinajstić information content (AvgIpc) is 2.77. The van der Waals surface area contributed by atoms with E-state index in [-0.39, 0.29) is 5.91 Å². The first-order valence-electron chi connectivity index (χ1n) is 9.37. The summed E-state index contributed by atoms with van der Waals surface area (Å²) >= 11 is 0. The molecule has 0 radical (unpaired) electrons. The minimum absolute atomic E-state index is 0.385. The van der Waals surface area contributed by atoms with Crippen LogP contribution in [0.15, 0.2) is 48.5 Å². The zero-order valence-electron chi connectivity index (χ0n) is 17.2. The summed E-state index contributed by atoms with van der Waals surface area (Å²) in [6, 6.07) is 12.5. The van der Waals surface area contributed by atoms with Crippen LogP contribution in [-0.2, 0) is 4.79 Å². The number of ether oxygens (including phenoxy) is 2. The molecule has 0 aliphatic rings. The molecule has 2 rings (SSSR count). The third-order valence-electron chi connectivity index (χ3n) is 4.39. The van der Waals surface area contributed by atoms with Crippen molar-refractivity contribution in [1.29, 1.82) is 0 Å². The van der Waals surface area contributed by atoms with Gasteiger partial charge < -0.3 is 14.4 Å². The average molecular weight is 397 g/mol. The molecule has 2 aromatic rings. The molecule has 0 aliphatic carbocycles. The Balaban J connectivity index is 1.91. The van der Waals surface area contributed by atoms with Gasteiger partial charge in [0.15, 0.2) is 11.5 Å². The highest BCUT2D eigenvalue weighted by Gasteiger charge is 2.08. The van der Waals surface area contributed by atoms with Gasteiger partial charge in [-0.05, 0) is 61.9 Å². The summed E-state index contributed by atoms with van der Waals surface area (Å²) in [7, 11) is 3.10. The molecule has 29 heavy (non-hydrogen) atoms. The van der Waals surface area contributed by atoms with Gasteiger partial charge in [0.1, 0.15) is 0 Å². The van der Waals surface area contributed by atoms with Gasteiger partial charge >= 0.3 is 0 Å². The van der Waals surface area contributed by atoms with Gasteiger partial charge in [-0.15, -0.1) is 0 Å². The maximum atomic E-state index is 12.2. The quantitative estimate of drug-likeness (QED) is 0.529. The second-order valence-electron chi connectivity index (χ2n) is 6.11. The molecule has 2 amide bonds. The molecule has 0 saturated carbocycles. The SMILES string of the molecule is CCN(CC)c1ccc(C(=O)NNC(=O)/C=C/c2ccc(OC)c(OC)c2)cc1. The van der Waals surface area contributed by atoms with Crippen LogP contribution in [0.5, 0.6) is 11.5 Å². The van der Waals surface area contributed by atoms with E-state index >= 15 is 0 Å². The van der Waals surface area contributed by atoms with E-state index in [1.165, 1.54) is 6.08 Å². The predicted octanol–water partition coefficient (Wildman–Crippen LogP) is 3.02. The molecule has 0 heterocycles. The second-order valence-corrected chi connectivity index (χ2v) is 6.11. The molecule has 0 saturated heterocycles. The first kappa shape index (κ1) is 21.8. The number of hydrogen-bond acceptors (Lipinski definition) is 5. The smallest absolute Gasteiger partial charge is 0.269 e. The number of rotatable bonds is 8. The number of nitrogens with one attached hydrogen (secondary N) is 2. The zero-order valence-corrected chi connectivity index (χ0v) is 17.2. The molecule has 0 aromatic heterocycles. The molecule has 7 nitrogen and oxygen atoms in total. The van der Waals surface area contributed by atoms with Crippen molar-refractivity contribution < 1.29 is 19.1 Å². The number of amides is 2. The Morgan fingerprint density at radius 3 is 2.17 bits per heavy atom. The Bertz CT molecular complexity index is 859. The minimum Gasteiger partial charge on any atom is -0.493 e. The fourth-order valence-corrected chi connectivity index (χ4v) is 2.77. The lowest BCUT2D eigenvalue weighted by molar-refractivity contribution is -0.117. The van der Waals surface area contributed by atoms with Crippen LogP contribution in [-0.4, -0.2) is 39.1 Å². The molecule has 0 spiro atoms. The van der Waals surface area contributed by atoms with E-state index in [0.717, 1.165) is 24.3 Å². The monoisotopic (exact) mass is 397 g/mol.